The van der Waals surface area contributed by atoms with Crippen LogP contribution in [0.4, 0.5) is 0 Å². The zero-order valence-electron chi connectivity index (χ0n) is 5.30. The van der Waals surface area contributed by atoms with Crippen molar-refractivity contribution < 1.29 is 4.74 Å². The third-order valence-corrected chi connectivity index (χ3v) is 2.24. The molecule has 0 aromatic rings. The van der Waals surface area contributed by atoms with Gasteiger partial charge in [-0.05, 0) is 22.0 Å². The molecule has 0 aromatic carbocycles. The summed E-state index contributed by atoms with van der Waals surface area (Å²) in [6, 6.07) is 0. The van der Waals surface area contributed by atoms with Gasteiger partial charge in [0.25, 0.3) is 0 Å². The zero-order chi connectivity index (χ0) is 6.74. The maximum atomic E-state index is 5.16. The van der Waals surface area contributed by atoms with Crippen LogP contribution in [-0.2, 0) is 4.74 Å². The van der Waals surface area contributed by atoms with Crippen molar-refractivity contribution in [3.63, 3.8) is 0 Å². The molecule has 1 unspecified atom stereocenters. The minimum Gasteiger partial charge on any atom is -0.363 e. The Hall–Kier alpha value is -0.0800. The lowest BCUT2D eigenvalue weighted by atomic mass is 10.1. The molecule has 0 amide bonds. The van der Waals surface area contributed by atoms with Gasteiger partial charge in [-0.1, -0.05) is 18.2 Å². The van der Waals surface area contributed by atoms with E-state index in [1.807, 2.05) is 18.2 Å². The van der Waals surface area contributed by atoms with E-state index in [0.717, 1.165) is 6.42 Å². The Labute approximate surface area is 63.5 Å². The second-order valence-electron chi connectivity index (χ2n) is 1.98. The van der Waals surface area contributed by atoms with Crippen LogP contribution in [0.25, 0.3) is 0 Å². The van der Waals surface area contributed by atoms with Crippen LogP contribution >= 0.6 is 15.9 Å². The first-order valence-electron chi connectivity index (χ1n) is 2.85. The first-order chi connectivity index (χ1) is 4.27. The second kappa shape index (κ2) is 2.67. The summed E-state index contributed by atoms with van der Waals surface area (Å²) >= 11 is 3.43. The molecule has 0 aromatic heterocycles. The van der Waals surface area contributed by atoms with Crippen LogP contribution in [0, 0.1) is 0 Å². The Morgan fingerprint density at radius 1 is 1.56 bits per heavy atom. The van der Waals surface area contributed by atoms with E-state index < -0.39 is 0 Å². The predicted molar refractivity (Wildman–Crippen MR) is 41.6 cm³/mol. The number of hydrogen-bond donors (Lipinski definition) is 0. The van der Waals surface area contributed by atoms with Gasteiger partial charge in [-0.2, -0.15) is 0 Å². The van der Waals surface area contributed by atoms with Gasteiger partial charge in [-0.3, -0.25) is 0 Å². The quantitative estimate of drug-likeness (QED) is 0.574. The smallest absolute Gasteiger partial charge is 0.144 e. The molecule has 0 bridgehead atoms. The highest BCUT2D eigenvalue weighted by Crippen LogP contribution is 2.27. The van der Waals surface area contributed by atoms with Crippen molar-refractivity contribution in [2.45, 2.75) is 10.9 Å². The molecule has 1 rings (SSSR count). The van der Waals surface area contributed by atoms with Crippen LogP contribution < -0.4 is 0 Å². The van der Waals surface area contributed by atoms with Gasteiger partial charge in [0.1, 0.15) is 4.51 Å². The lowest BCUT2D eigenvalue weighted by Crippen LogP contribution is -2.19. The van der Waals surface area contributed by atoms with E-state index in [4.69, 9.17) is 4.74 Å². The molecule has 0 radical (unpaired) electrons. The first-order valence-corrected chi connectivity index (χ1v) is 3.64. The molecule has 1 atom stereocenters. The number of hydrogen-bond acceptors (Lipinski definition) is 1. The molecule has 0 saturated carbocycles. The zero-order valence-corrected chi connectivity index (χ0v) is 6.89. The van der Waals surface area contributed by atoms with Gasteiger partial charge in [0.2, 0.25) is 0 Å². The van der Waals surface area contributed by atoms with Crippen molar-refractivity contribution in [1.29, 1.82) is 0 Å². The third-order valence-electron chi connectivity index (χ3n) is 1.33. The minimum absolute atomic E-state index is 0.234. The highest BCUT2D eigenvalue weighted by Gasteiger charge is 2.21. The van der Waals surface area contributed by atoms with Crippen molar-refractivity contribution in [3.8, 4) is 0 Å². The Bertz CT molecular complexity index is 151. The van der Waals surface area contributed by atoms with Crippen LogP contribution in [0.2, 0.25) is 0 Å². The minimum atomic E-state index is -0.234. The van der Waals surface area contributed by atoms with E-state index in [0.29, 0.717) is 0 Å². The highest BCUT2D eigenvalue weighted by atomic mass is 79.9. The summed E-state index contributed by atoms with van der Waals surface area (Å²) in [5.41, 5.74) is 0. The van der Waals surface area contributed by atoms with Gasteiger partial charge in [0, 0.05) is 13.5 Å². The fourth-order valence-corrected chi connectivity index (χ4v) is 1.07. The number of methoxy groups -OCH3 is 1. The van der Waals surface area contributed by atoms with Gasteiger partial charge in [-0.25, -0.2) is 0 Å². The normalized spacial score (nSPS) is 33.1. The Morgan fingerprint density at radius 3 is 2.67 bits per heavy atom. The molecule has 1 nitrogen and oxygen atoms in total. The highest BCUT2D eigenvalue weighted by molar-refractivity contribution is 9.10. The largest absolute Gasteiger partial charge is 0.363 e. The Morgan fingerprint density at radius 2 is 2.33 bits per heavy atom. The fraction of sp³-hybridized carbons (Fsp3) is 0.429. The fourth-order valence-electron chi connectivity index (χ4n) is 0.726. The van der Waals surface area contributed by atoms with Crippen LogP contribution in [0.15, 0.2) is 24.3 Å². The topological polar surface area (TPSA) is 9.23 Å². The summed E-state index contributed by atoms with van der Waals surface area (Å²) < 4.78 is 4.92. The van der Waals surface area contributed by atoms with E-state index in [2.05, 4.69) is 22.0 Å². The summed E-state index contributed by atoms with van der Waals surface area (Å²) in [5.74, 6) is 0. The van der Waals surface area contributed by atoms with Gasteiger partial charge in [0.15, 0.2) is 0 Å². The molecular formula is C7H9BrO. The van der Waals surface area contributed by atoms with E-state index in [9.17, 15) is 0 Å². The van der Waals surface area contributed by atoms with Crippen LogP contribution in [-0.4, -0.2) is 11.6 Å². The van der Waals surface area contributed by atoms with E-state index in [-0.39, 0.29) is 4.51 Å². The van der Waals surface area contributed by atoms with E-state index in [1.54, 1.807) is 7.11 Å². The molecule has 2 heteroatoms. The molecule has 1 aliphatic carbocycles. The maximum Gasteiger partial charge on any atom is 0.144 e. The molecule has 0 heterocycles. The lowest BCUT2D eigenvalue weighted by molar-refractivity contribution is 0.119. The van der Waals surface area contributed by atoms with Crippen LogP contribution in [0.3, 0.4) is 0 Å². The monoisotopic (exact) mass is 188 g/mol. The average Bonchev–Trinajstić information content (AvgIpc) is 1.90. The van der Waals surface area contributed by atoms with Crippen molar-refractivity contribution in [1.82, 2.24) is 0 Å². The molecule has 0 spiro atoms. The second-order valence-corrected chi connectivity index (χ2v) is 3.32. The Kier molecular flexibility index (Phi) is 2.09. The number of rotatable bonds is 1. The summed E-state index contributed by atoms with van der Waals surface area (Å²) in [5, 5.41) is 0. The third kappa shape index (κ3) is 1.66. The molecule has 50 valence electrons. The summed E-state index contributed by atoms with van der Waals surface area (Å²) in [6.07, 6.45) is 8.95. The van der Waals surface area contributed by atoms with E-state index in [1.165, 1.54) is 0 Å². The molecule has 0 N–H and O–H groups in total. The molecule has 0 saturated heterocycles. The van der Waals surface area contributed by atoms with E-state index >= 15 is 0 Å². The van der Waals surface area contributed by atoms with Crippen LogP contribution in [0.1, 0.15) is 6.42 Å². The van der Waals surface area contributed by atoms with Crippen molar-refractivity contribution >= 4 is 15.9 Å². The lowest BCUT2D eigenvalue weighted by Gasteiger charge is -2.21. The molecule has 0 aliphatic heterocycles. The molecule has 0 fully saturated rings. The number of alkyl halides is 1. The SMILES string of the molecule is COC1(Br)C=CC=CC1. The maximum absolute atomic E-state index is 5.16. The number of allylic oxidation sites excluding steroid dienone is 2. The van der Waals surface area contributed by atoms with Crippen molar-refractivity contribution in [2.75, 3.05) is 7.11 Å². The summed E-state index contributed by atoms with van der Waals surface area (Å²) in [7, 11) is 1.69. The number of halogens is 1. The summed E-state index contributed by atoms with van der Waals surface area (Å²) in [4.78, 5) is 0. The standard InChI is InChI=1S/C7H9BrO/c1-9-7(8)5-3-2-4-6-7/h2-5H,6H2,1H3. The van der Waals surface area contributed by atoms with Gasteiger partial charge < -0.3 is 4.74 Å². The van der Waals surface area contributed by atoms with Gasteiger partial charge in [-0.15, -0.1) is 0 Å². The van der Waals surface area contributed by atoms with Crippen molar-refractivity contribution in [2.24, 2.45) is 0 Å². The first kappa shape index (κ1) is 7.03. The molecule has 1 aliphatic rings. The molecular weight excluding hydrogens is 180 g/mol. The number of ether oxygens (including phenoxy) is 1. The van der Waals surface area contributed by atoms with Gasteiger partial charge in [0.05, 0.1) is 0 Å². The van der Waals surface area contributed by atoms with Crippen LogP contribution in [0.5, 0.6) is 0 Å². The van der Waals surface area contributed by atoms with Gasteiger partial charge >= 0.3 is 0 Å². The van der Waals surface area contributed by atoms with Crippen molar-refractivity contribution in [3.05, 3.63) is 24.3 Å². The summed E-state index contributed by atoms with van der Waals surface area (Å²) in [6.45, 7) is 0. The Balaban J connectivity index is 2.63. The average molecular weight is 189 g/mol. The molecule has 9 heavy (non-hydrogen) atoms. The predicted octanol–water partition coefficient (Wildman–Crippen LogP) is 2.24.